The number of aryl methyl sites for hydroxylation is 2. The van der Waals surface area contributed by atoms with Crippen molar-refractivity contribution in [3.8, 4) is 0 Å². The maximum absolute atomic E-state index is 10.5. The second kappa shape index (κ2) is 7.09. The molecule has 2 rings (SSSR count). The van der Waals surface area contributed by atoms with Crippen molar-refractivity contribution in [3.05, 3.63) is 64.9 Å². The normalized spacial score (nSPS) is 11.0. The molecule has 21 heavy (non-hydrogen) atoms. The average Bonchev–Trinajstić information content (AvgIpc) is 2.43. The molecule has 0 radical (unpaired) electrons. The number of carboxylic acids is 1. The molecule has 1 heterocycles. The largest absolute Gasteiger partial charge is 0.478 e. The van der Waals surface area contributed by atoms with Crippen molar-refractivity contribution in [1.29, 1.82) is 0 Å². The number of aromatic nitrogens is 1. The number of pyridine rings is 1. The van der Waals surface area contributed by atoms with E-state index in [0.717, 1.165) is 28.1 Å². The highest BCUT2D eigenvalue weighted by Crippen LogP contribution is 2.22. The topological polar surface area (TPSA) is 50.2 Å². The van der Waals surface area contributed by atoms with E-state index in [2.05, 4.69) is 24.0 Å². The molecule has 0 saturated heterocycles. The molecule has 0 unspecified atom stereocenters. The first-order valence-corrected chi connectivity index (χ1v) is 7.59. The van der Waals surface area contributed by atoms with E-state index in [4.69, 9.17) is 5.11 Å². The molecule has 0 fully saturated rings. The van der Waals surface area contributed by atoms with E-state index in [1.807, 2.05) is 31.2 Å². The van der Waals surface area contributed by atoms with E-state index >= 15 is 0 Å². The fourth-order valence-corrected chi connectivity index (χ4v) is 2.91. The SMILES string of the molecule is Cc1cc(C)nc(SCc2ccc(/C=C/C(=O)O)cc2)c1. The van der Waals surface area contributed by atoms with Gasteiger partial charge in [-0.25, -0.2) is 9.78 Å². The minimum absolute atomic E-state index is 0.846. The van der Waals surface area contributed by atoms with Gasteiger partial charge in [0.25, 0.3) is 0 Å². The number of carbonyl (C=O) groups is 1. The molecule has 3 nitrogen and oxygen atoms in total. The van der Waals surface area contributed by atoms with Crippen molar-refractivity contribution in [3.63, 3.8) is 0 Å². The highest BCUT2D eigenvalue weighted by molar-refractivity contribution is 7.98. The predicted octanol–water partition coefficient (Wildman–Crippen LogP) is 4.09. The first-order valence-electron chi connectivity index (χ1n) is 6.61. The molecule has 0 aliphatic heterocycles. The lowest BCUT2D eigenvalue weighted by Gasteiger charge is -2.04. The molecule has 0 amide bonds. The van der Waals surface area contributed by atoms with Gasteiger partial charge in [-0.15, -0.1) is 11.8 Å². The molecule has 1 aromatic carbocycles. The summed E-state index contributed by atoms with van der Waals surface area (Å²) in [4.78, 5) is 15.0. The summed E-state index contributed by atoms with van der Waals surface area (Å²) in [5.41, 5.74) is 4.33. The van der Waals surface area contributed by atoms with Gasteiger partial charge in [-0.1, -0.05) is 24.3 Å². The standard InChI is InChI=1S/C17H17NO2S/c1-12-9-13(2)18-16(10-12)21-11-15-5-3-14(4-6-15)7-8-17(19)20/h3-10H,11H2,1-2H3,(H,19,20)/b8-7+. The van der Waals surface area contributed by atoms with Gasteiger partial charge in [0.05, 0.1) is 5.03 Å². The van der Waals surface area contributed by atoms with Crippen LogP contribution in [0.25, 0.3) is 6.08 Å². The van der Waals surface area contributed by atoms with E-state index < -0.39 is 5.97 Å². The Hall–Kier alpha value is -2.07. The minimum atomic E-state index is -0.935. The van der Waals surface area contributed by atoms with Gasteiger partial charge in [0.15, 0.2) is 0 Å². The smallest absolute Gasteiger partial charge is 0.328 e. The average molecular weight is 299 g/mol. The number of nitrogens with zero attached hydrogens (tertiary/aromatic N) is 1. The van der Waals surface area contributed by atoms with Gasteiger partial charge < -0.3 is 5.11 Å². The quantitative estimate of drug-likeness (QED) is 0.667. The van der Waals surface area contributed by atoms with E-state index in [1.54, 1.807) is 17.8 Å². The number of carboxylic acid groups (broad SMARTS) is 1. The molecule has 1 aromatic heterocycles. The van der Waals surface area contributed by atoms with Gasteiger partial charge >= 0.3 is 5.97 Å². The molecule has 0 aliphatic carbocycles. The zero-order valence-corrected chi connectivity index (χ0v) is 12.9. The Balaban J connectivity index is 1.99. The molecule has 108 valence electrons. The van der Waals surface area contributed by atoms with Crippen molar-refractivity contribution in [2.75, 3.05) is 0 Å². The number of benzene rings is 1. The first-order chi connectivity index (χ1) is 10.0. The van der Waals surface area contributed by atoms with E-state index in [-0.39, 0.29) is 0 Å². The number of hydrogen-bond acceptors (Lipinski definition) is 3. The van der Waals surface area contributed by atoms with Crippen LogP contribution in [0.4, 0.5) is 0 Å². The molecular weight excluding hydrogens is 282 g/mol. The number of rotatable bonds is 5. The molecule has 0 bridgehead atoms. The zero-order valence-electron chi connectivity index (χ0n) is 12.0. The fourth-order valence-electron chi connectivity index (χ4n) is 1.93. The van der Waals surface area contributed by atoms with Crippen LogP contribution in [-0.4, -0.2) is 16.1 Å². The second-order valence-corrected chi connectivity index (χ2v) is 5.82. The zero-order chi connectivity index (χ0) is 15.2. The lowest BCUT2D eigenvalue weighted by atomic mass is 10.1. The fraction of sp³-hybridized carbons (Fsp3) is 0.176. The third kappa shape index (κ3) is 5.08. The van der Waals surface area contributed by atoms with Gasteiger partial charge in [-0.2, -0.15) is 0 Å². The van der Waals surface area contributed by atoms with Gasteiger partial charge in [0, 0.05) is 17.5 Å². The summed E-state index contributed by atoms with van der Waals surface area (Å²) in [6.07, 6.45) is 2.73. The molecule has 0 saturated carbocycles. The first kappa shape index (κ1) is 15.3. The molecule has 0 aliphatic rings. The summed E-state index contributed by atoms with van der Waals surface area (Å²) in [7, 11) is 0. The summed E-state index contributed by atoms with van der Waals surface area (Å²) >= 11 is 1.70. The third-order valence-electron chi connectivity index (χ3n) is 2.86. The monoisotopic (exact) mass is 299 g/mol. The number of hydrogen-bond donors (Lipinski definition) is 1. The summed E-state index contributed by atoms with van der Waals surface area (Å²) < 4.78 is 0. The van der Waals surface area contributed by atoms with Crippen molar-refractivity contribution >= 4 is 23.8 Å². The lowest BCUT2D eigenvalue weighted by molar-refractivity contribution is -0.131. The van der Waals surface area contributed by atoms with E-state index in [0.29, 0.717) is 0 Å². The van der Waals surface area contributed by atoms with Crippen LogP contribution < -0.4 is 0 Å². The lowest BCUT2D eigenvalue weighted by Crippen LogP contribution is -1.88. The van der Waals surface area contributed by atoms with Crippen LogP contribution in [0.2, 0.25) is 0 Å². The number of thioether (sulfide) groups is 1. The van der Waals surface area contributed by atoms with Crippen molar-refractivity contribution in [2.45, 2.75) is 24.6 Å². The van der Waals surface area contributed by atoms with Gasteiger partial charge in [-0.3, -0.25) is 0 Å². The van der Waals surface area contributed by atoms with Crippen LogP contribution in [0.1, 0.15) is 22.4 Å². The summed E-state index contributed by atoms with van der Waals surface area (Å²) in [5, 5.41) is 9.62. The van der Waals surface area contributed by atoms with Gasteiger partial charge in [-0.05, 0) is 48.7 Å². The molecule has 2 aromatic rings. The molecule has 1 N–H and O–H groups in total. The van der Waals surface area contributed by atoms with Gasteiger partial charge in [0.2, 0.25) is 0 Å². The van der Waals surface area contributed by atoms with E-state index in [9.17, 15) is 4.79 Å². The van der Waals surface area contributed by atoms with Crippen LogP contribution in [0.15, 0.2) is 47.5 Å². The Morgan fingerprint density at radius 2 is 1.95 bits per heavy atom. The van der Waals surface area contributed by atoms with Crippen LogP contribution in [0.5, 0.6) is 0 Å². The van der Waals surface area contributed by atoms with Crippen LogP contribution in [-0.2, 0) is 10.5 Å². The van der Waals surface area contributed by atoms with Crippen LogP contribution in [0.3, 0.4) is 0 Å². The Bertz CT molecular complexity index is 643. The third-order valence-corrected chi connectivity index (χ3v) is 3.84. The molecular formula is C17H17NO2S. The maximum Gasteiger partial charge on any atom is 0.328 e. The van der Waals surface area contributed by atoms with Crippen molar-refractivity contribution < 1.29 is 9.90 Å². The van der Waals surface area contributed by atoms with Crippen molar-refractivity contribution in [2.24, 2.45) is 0 Å². The highest BCUT2D eigenvalue weighted by atomic mass is 32.2. The summed E-state index contributed by atoms with van der Waals surface area (Å²) in [5.74, 6) is -0.0887. The molecule has 0 spiro atoms. The van der Waals surface area contributed by atoms with Gasteiger partial charge in [0.1, 0.15) is 0 Å². The van der Waals surface area contributed by atoms with Crippen LogP contribution in [0, 0.1) is 13.8 Å². The molecule has 4 heteroatoms. The Morgan fingerprint density at radius 1 is 1.24 bits per heavy atom. The Labute approximate surface area is 128 Å². The van der Waals surface area contributed by atoms with E-state index in [1.165, 1.54) is 11.1 Å². The minimum Gasteiger partial charge on any atom is -0.478 e. The Kier molecular flexibility index (Phi) is 5.17. The highest BCUT2D eigenvalue weighted by Gasteiger charge is 2.00. The Morgan fingerprint density at radius 3 is 2.57 bits per heavy atom. The van der Waals surface area contributed by atoms with Crippen LogP contribution >= 0.6 is 11.8 Å². The molecule has 0 atom stereocenters. The second-order valence-electron chi connectivity index (χ2n) is 4.83. The maximum atomic E-state index is 10.5. The summed E-state index contributed by atoms with van der Waals surface area (Å²) in [6.45, 7) is 4.07. The van der Waals surface area contributed by atoms with Crippen molar-refractivity contribution in [1.82, 2.24) is 4.98 Å². The predicted molar refractivity (Wildman–Crippen MR) is 86.4 cm³/mol. The number of aliphatic carboxylic acids is 1. The summed E-state index contributed by atoms with van der Waals surface area (Å²) in [6, 6.07) is 12.0.